The Morgan fingerprint density at radius 1 is 0.697 bits per heavy atom. The van der Waals surface area contributed by atoms with Crippen molar-refractivity contribution >= 4 is 23.5 Å². The molecule has 0 aromatic heterocycles. The Morgan fingerprint density at radius 2 is 1.12 bits per heavy atom. The minimum absolute atomic E-state index is 0.0801. The molecule has 2 rings (SSSR count). The van der Waals surface area contributed by atoms with Gasteiger partial charge in [0.2, 0.25) is 0 Å². The second-order valence-corrected chi connectivity index (χ2v) is 11.7. The molecule has 0 saturated carbocycles. The van der Waals surface area contributed by atoms with Gasteiger partial charge in [0.1, 0.15) is 11.5 Å². The standard InChI is InChI=1S/C20H29O10P3/c1-3-5-11-17-13-7-9-15-19(17)27-33(26,30-32(24,25)29-31(21,22)23)28-20-16-10-8-14-18(20)12-6-4-2/h7-10,13-16H,3-6,11-12H2,1-2H3,(H,24,25)(H2,21,22,23). The third-order valence-corrected chi connectivity index (χ3v) is 8.52. The number of para-hydroxylation sites is 2. The van der Waals surface area contributed by atoms with Gasteiger partial charge >= 0.3 is 23.5 Å². The molecular formula is C20H29O10P3. The van der Waals surface area contributed by atoms with Crippen molar-refractivity contribution in [1.29, 1.82) is 0 Å². The summed E-state index contributed by atoms with van der Waals surface area (Å²) in [6, 6.07) is 13.1. The Hall–Kier alpha value is -1.47. The number of unbranched alkanes of at least 4 members (excludes halogenated alkanes) is 2. The van der Waals surface area contributed by atoms with Crippen LogP contribution in [0.4, 0.5) is 0 Å². The van der Waals surface area contributed by atoms with Crippen LogP contribution in [-0.4, -0.2) is 14.7 Å². The molecule has 3 N–H and O–H groups in total. The number of phosphoric ester groups is 1. The topological polar surface area (TPSA) is 149 Å². The molecule has 0 aliphatic carbocycles. The van der Waals surface area contributed by atoms with E-state index in [0.29, 0.717) is 24.0 Å². The van der Waals surface area contributed by atoms with Crippen LogP contribution in [0.15, 0.2) is 48.5 Å². The summed E-state index contributed by atoms with van der Waals surface area (Å²) in [6.45, 7) is 3.99. The predicted molar refractivity (Wildman–Crippen MR) is 123 cm³/mol. The van der Waals surface area contributed by atoms with E-state index in [2.05, 4.69) is 8.62 Å². The number of phosphoric acid groups is 3. The van der Waals surface area contributed by atoms with Crippen LogP contribution in [-0.2, 0) is 35.2 Å². The fourth-order valence-electron chi connectivity index (χ4n) is 2.90. The summed E-state index contributed by atoms with van der Waals surface area (Å²) in [6.07, 6.45) is 4.49. The van der Waals surface area contributed by atoms with E-state index in [0.717, 1.165) is 25.7 Å². The van der Waals surface area contributed by atoms with Gasteiger partial charge in [-0.1, -0.05) is 63.1 Å². The van der Waals surface area contributed by atoms with Gasteiger partial charge < -0.3 is 23.7 Å². The zero-order chi connectivity index (χ0) is 24.5. The van der Waals surface area contributed by atoms with Gasteiger partial charge in [-0.05, 0) is 48.9 Å². The first-order chi connectivity index (χ1) is 15.5. The molecule has 0 radical (unpaired) electrons. The van der Waals surface area contributed by atoms with Crippen molar-refractivity contribution in [2.24, 2.45) is 0 Å². The van der Waals surface area contributed by atoms with Crippen LogP contribution in [0.3, 0.4) is 0 Å². The Labute approximate surface area is 193 Å². The normalized spacial score (nSPS) is 14.0. The Balaban J connectivity index is 2.44. The predicted octanol–water partition coefficient (Wildman–Crippen LogP) is 6.16. The SMILES string of the molecule is CCCCc1ccccc1OP(=O)(Oc1ccccc1CCCC)OP(=O)(O)OP(=O)(O)O. The van der Waals surface area contributed by atoms with Crippen molar-refractivity contribution in [2.75, 3.05) is 0 Å². The monoisotopic (exact) mass is 522 g/mol. The fraction of sp³-hybridized carbons (Fsp3) is 0.400. The summed E-state index contributed by atoms with van der Waals surface area (Å²) in [5.74, 6) is 0.160. The third kappa shape index (κ3) is 9.73. The molecule has 13 heteroatoms. The lowest BCUT2D eigenvalue weighted by Crippen LogP contribution is -2.07. The molecule has 2 aromatic rings. The first-order valence-electron chi connectivity index (χ1n) is 10.4. The molecule has 0 aliphatic rings. The van der Waals surface area contributed by atoms with E-state index in [1.807, 2.05) is 13.8 Å². The van der Waals surface area contributed by atoms with Crippen LogP contribution in [0, 0.1) is 0 Å². The molecule has 2 aromatic carbocycles. The number of aryl methyl sites for hydroxylation is 2. The zero-order valence-corrected chi connectivity index (χ0v) is 21.1. The highest BCUT2D eigenvalue weighted by Gasteiger charge is 2.45. The van der Waals surface area contributed by atoms with Gasteiger partial charge in [0.25, 0.3) is 0 Å². The molecular weight excluding hydrogens is 493 g/mol. The van der Waals surface area contributed by atoms with Crippen molar-refractivity contribution in [3.63, 3.8) is 0 Å². The average molecular weight is 522 g/mol. The lowest BCUT2D eigenvalue weighted by Gasteiger charge is -2.23. The van der Waals surface area contributed by atoms with Crippen molar-refractivity contribution in [3.8, 4) is 11.5 Å². The van der Waals surface area contributed by atoms with E-state index in [1.54, 1.807) is 36.4 Å². The zero-order valence-electron chi connectivity index (χ0n) is 18.4. The maximum atomic E-state index is 13.6. The van der Waals surface area contributed by atoms with Gasteiger partial charge in [-0.25, -0.2) is 13.7 Å². The van der Waals surface area contributed by atoms with Crippen molar-refractivity contribution in [3.05, 3.63) is 59.7 Å². The summed E-state index contributed by atoms with van der Waals surface area (Å²) in [5, 5.41) is 0. The lowest BCUT2D eigenvalue weighted by atomic mass is 10.1. The number of rotatable bonds is 14. The Bertz CT molecular complexity index is 994. The molecule has 10 nitrogen and oxygen atoms in total. The van der Waals surface area contributed by atoms with E-state index in [1.165, 1.54) is 12.1 Å². The highest BCUT2D eigenvalue weighted by atomic mass is 31.3. The van der Waals surface area contributed by atoms with Crippen LogP contribution in [0.1, 0.15) is 50.7 Å². The summed E-state index contributed by atoms with van der Waals surface area (Å²) >= 11 is 0. The van der Waals surface area contributed by atoms with Crippen LogP contribution in [0.25, 0.3) is 0 Å². The average Bonchev–Trinajstić information content (AvgIpc) is 2.70. The van der Waals surface area contributed by atoms with Gasteiger partial charge in [0, 0.05) is 0 Å². The maximum Gasteiger partial charge on any atom is 0.596 e. The fourth-order valence-corrected chi connectivity index (χ4v) is 6.52. The Kier molecular flexibility index (Phi) is 10.3. The number of hydrogen-bond acceptors (Lipinski definition) is 7. The minimum Gasteiger partial charge on any atom is -0.394 e. The molecule has 1 atom stereocenters. The molecule has 33 heavy (non-hydrogen) atoms. The Morgan fingerprint density at radius 3 is 1.52 bits per heavy atom. The van der Waals surface area contributed by atoms with E-state index < -0.39 is 23.5 Å². The van der Waals surface area contributed by atoms with Crippen LogP contribution in [0.5, 0.6) is 11.5 Å². The summed E-state index contributed by atoms with van der Waals surface area (Å²) in [7, 11) is -16.0. The van der Waals surface area contributed by atoms with Gasteiger partial charge in [0.05, 0.1) is 0 Å². The van der Waals surface area contributed by atoms with Gasteiger partial charge in [0.15, 0.2) is 0 Å². The summed E-state index contributed by atoms with van der Waals surface area (Å²) < 4.78 is 56.3. The number of hydrogen-bond donors (Lipinski definition) is 3. The number of benzene rings is 2. The van der Waals surface area contributed by atoms with Crippen molar-refractivity contribution in [1.82, 2.24) is 0 Å². The van der Waals surface area contributed by atoms with Gasteiger partial charge in [-0.2, -0.15) is 8.62 Å². The first-order valence-corrected chi connectivity index (χ1v) is 14.9. The molecule has 0 spiro atoms. The summed E-state index contributed by atoms with van der Waals surface area (Å²) in [4.78, 5) is 27.7. The van der Waals surface area contributed by atoms with Crippen molar-refractivity contribution in [2.45, 2.75) is 52.4 Å². The van der Waals surface area contributed by atoms with Crippen molar-refractivity contribution < 1.29 is 46.0 Å². The third-order valence-electron chi connectivity index (χ3n) is 4.38. The van der Waals surface area contributed by atoms with Gasteiger partial charge in [-0.3, -0.25) is 0 Å². The van der Waals surface area contributed by atoms with Crippen LogP contribution < -0.4 is 9.05 Å². The van der Waals surface area contributed by atoms with Crippen LogP contribution in [0.2, 0.25) is 0 Å². The largest absolute Gasteiger partial charge is 0.596 e. The first kappa shape index (κ1) is 27.8. The molecule has 0 aliphatic heterocycles. The van der Waals surface area contributed by atoms with E-state index >= 15 is 0 Å². The molecule has 0 bridgehead atoms. The van der Waals surface area contributed by atoms with E-state index in [4.69, 9.17) is 18.8 Å². The quantitative estimate of drug-likeness (QED) is 0.246. The van der Waals surface area contributed by atoms with E-state index in [-0.39, 0.29) is 11.5 Å². The molecule has 0 amide bonds. The molecule has 0 fully saturated rings. The highest BCUT2D eigenvalue weighted by Crippen LogP contribution is 2.67. The summed E-state index contributed by atoms with van der Waals surface area (Å²) in [5.41, 5.74) is 1.30. The minimum atomic E-state index is -5.56. The second kappa shape index (κ2) is 12.3. The second-order valence-electron chi connectivity index (χ2n) is 7.17. The van der Waals surface area contributed by atoms with E-state index in [9.17, 15) is 18.6 Å². The lowest BCUT2D eigenvalue weighted by molar-refractivity contribution is 0.208. The highest BCUT2D eigenvalue weighted by molar-refractivity contribution is 7.67. The van der Waals surface area contributed by atoms with Crippen LogP contribution >= 0.6 is 23.5 Å². The molecule has 1 unspecified atom stereocenters. The smallest absolute Gasteiger partial charge is 0.394 e. The molecule has 0 saturated heterocycles. The maximum absolute atomic E-state index is 13.6. The van der Waals surface area contributed by atoms with Gasteiger partial charge in [-0.15, -0.1) is 0 Å². The molecule has 0 heterocycles. The molecule has 184 valence electrons.